The van der Waals surface area contributed by atoms with Gasteiger partial charge in [-0.2, -0.15) is 0 Å². The average Bonchev–Trinajstić information content (AvgIpc) is 3.25. The molecule has 1 saturated heterocycles. The van der Waals surface area contributed by atoms with E-state index >= 15 is 0 Å². The zero-order valence-corrected chi connectivity index (χ0v) is 17.1. The first-order valence-corrected chi connectivity index (χ1v) is 10.4. The Balaban J connectivity index is 1.57. The van der Waals surface area contributed by atoms with Crippen LogP contribution in [0.4, 0.5) is 10.2 Å². The Morgan fingerprint density at radius 1 is 1.38 bits per heavy atom. The van der Waals surface area contributed by atoms with Crippen LogP contribution in [0.1, 0.15) is 6.42 Å². The van der Waals surface area contributed by atoms with Gasteiger partial charge in [0.2, 0.25) is 0 Å². The van der Waals surface area contributed by atoms with Crippen molar-refractivity contribution in [3.8, 4) is 11.1 Å². The Morgan fingerprint density at radius 2 is 2.21 bits per heavy atom. The molecule has 3 N–H and O–H groups in total. The third kappa shape index (κ3) is 2.92. The monoisotopic (exact) mass is 432 g/mol. The number of thiazole rings is 1. The first-order valence-electron chi connectivity index (χ1n) is 9.21. The first-order chi connectivity index (χ1) is 13.9. The van der Waals surface area contributed by atoms with Gasteiger partial charge in [-0.25, -0.2) is 14.4 Å². The number of H-pyrrole nitrogens is 1. The maximum Gasteiger partial charge on any atom is 0.307 e. The first kappa shape index (κ1) is 18.5. The van der Waals surface area contributed by atoms with Crippen molar-refractivity contribution in [1.29, 1.82) is 0 Å². The van der Waals surface area contributed by atoms with Gasteiger partial charge in [0.15, 0.2) is 5.65 Å². The van der Waals surface area contributed by atoms with E-state index in [0.29, 0.717) is 40.5 Å². The molecule has 0 bridgehead atoms. The molecule has 3 aromatic heterocycles. The van der Waals surface area contributed by atoms with E-state index in [9.17, 15) is 9.18 Å². The standard InChI is InChI=1S/C19H18ClFN6OS/c1-26-17-13(29-19(26)28)3-2-9(15(17)20)10-6-24-18-16(10)23-7-14(25-18)27-5-4-12(22)11(21)8-27/h2-3,6-7,11-12H,4-5,8,22H2,1H3,(H,24,25)/t11-,12+/m1/s1. The third-order valence-electron chi connectivity index (χ3n) is 5.46. The Kier molecular flexibility index (Phi) is 4.34. The summed E-state index contributed by atoms with van der Waals surface area (Å²) in [4.78, 5) is 26.1. The van der Waals surface area contributed by atoms with E-state index in [-0.39, 0.29) is 11.4 Å². The molecule has 7 nitrogen and oxygen atoms in total. The van der Waals surface area contributed by atoms with E-state index in [1.807, 2.05) is 17.0 Å². The topological polar surface area (TPSA) is 92.8 Å². The van der Waals surface area contributed by atoms with Crippen molar-refractivity contribution in [2.45, 2.75) is 18.6 Å². The molecule has 2 atom stereocenters. The van der Waals surface area contributed by atoms with Crippen LogP contribution in [0.15, 0.2) is 29.3 Å². The van der Waals surface area contributed by atoms with E-state index in [0.717, 1.165) is 27.2 Å². The number of hydrogen-bond donors (Lipinski definition) is 2. The second-order valence-electron chi connectivity index (χ2n) is 7.24. The fourth-order valence-corrected chi connectivity index (χ4v) is 5.12. The number of benzene rings is 1. The molecule has 4 heterocycles. The molecule has 1 aliphatic heterocycles. The Morgan fingerprint density at radius 3 is 3.00 bits per heavy atom. The highest BCUT2D eigenvalue weighted by atomic mass is 35.5. The zero-order chi connectivity index (χ0) is 20.3. The van der Waals surface area contributed by atoms with Gasteiger partial charge >= 0.3 is 4.87 Å². The number of nitrogens with zero attached hydrogens (tertiary/aromatic N) is 4. The van der Waals surface area contributed by atoms with Gasteiger partial charge in [0.05, 0.1) is 28.0 Å². The number of nitrogens with one attached hydrogen (secondary N) is 1. The lowest BCUT2D eigenvalue weighted by Gasteiger charge is -2.33. The number of hydrogen-bond acceptors (Lipinski definition) is 6. The summed E-state index contributed by atoms with van der Waals surface area (Å²) in [5.74, 6) is 0.613. The fourth-order valence-electron chi connectivity index (χ4n) is 3.78. The van der Waals surface area contributed by atoms with Crippen LogP contribution in [0, 0.1) is 0 Å². The lowest BCUT2D eigenvalue weighted by molar-refractivity contribution is 0.251. The van der Waals surface area contributed by atoms with Crippen molar-refractivity contribution in [3.05, 3.63) is 39.2 Å². The minimum Gasteiger partial charge on any atom is -0.352 e. The number of aromatic amines is 1. The Bertz CT molecular complexity index is 1300. The number of rotatable bonds is 2. The van der Waals surface area contributed by atoms with Crippen molar-refractivity contribution in [3.63, 3.8) is 0 Å². The van der Waals surface area contributed by atoms with E-state index in [1.54, 1.807) is 24.0 Å². The van der Waals surface area contributed by atoms with Gasteiger partial charge < -0.3 is 20.2 Å². The van der Waals surface area contributed by atoms with Crippen LogP contribution in [0.2, 0.25) is 5.02 Å². The zero-order valence-electron chi connectivity index (χ0n) is 15.5. The number of halogens is 2. The van der Waals surface area contributed by atoms with Crippen LogP contribution in [0.5, 0.6) is 0 Å². The van der Waals surface area contributed by atoms with E-state index < -0.39 is 12.2 Å². The molecule has 10 heteroatoms. The molecule has 1 aliphatic rings. The van der Waals surface area contributed by atoms with Gasteiger partial charge in [0.1, 0.15) is 17.5 Å². The number of fused-ring (bicyclic) bond motifs is 2. The number of aryl methyl sites for hydroxylation is 1. The Hall–Kier alpha value is -2.49. The van der Waals surface area contributed by atoms with Crippen LogP contribution in [-0.2, 0) is 7.05 Å². The molecular formula is C19H18ClFN6OS. The molecule has 1 fully saturated rings. The van der Waals surface area contributed by atoms with Gasteiger partial charge in [-0.15, -0.1) is 0 Å². The summed E-state index contributed by atoms with van der Waals surface area (Å²) in [5, 5.41) is 0.500. The van der Waals surface area contributed by atoms with Crippen molar-refractivity contribution in [2.75, 3.05) is 18.0 Å². The molecule has 1 aromatic carbocycles. The van der Waals surface area contributed by atoms with Gasteiger partial charge in [-0.3, -0.25) is 4.79 Å². The SMILES string of the molecule is Cn1c(=O)sc2ccc(-c3c[nH]c4nc(N5CC[C@H](N)[C@H](F)C5)cnc34)c(Cl)c21. The van der Waals surface area contributed by atoms with E-state index in [4.69, 9.17) is 17.3 Å². The largest absolute Gasteiger partial charge is 0.352 e. The molecule has 0 spiro atoms. The van der Waals surface area contributed by atoms with Crippen molar-refractivity contribution in [1.82, 2.24) is 19.5 Å². The fraction of sp³-hybridized carbons (Fsp3) is 0.316. The van der Waals surface area contributed by atoms with Gasteiger partial charge in [-0.05, 0) is 12.5 Å². The predicted molar refractivity (Wildman–Crippen MR) is 115 cm³/mol. The molecule has 4 aromatic rings. The lowest BCUT2D eigenvalue weighted by Crippen LogP contribution is -2.48. The summed E-state index contributed by atoms with van der Waals surface area (Å²) in [6.45, 7) is 0.855. The van der Waals surface area contributed by atoms with Crippen molar-refractivity contribution in [2.24, 2.45) is 12.8 Å². The normalized spacial score (nSPS) is 20.1. The highest BCUT2D eigenvalue weighted by molar-refractivity contribution is 7.16. The number of aromatic nitrogens is 4. The summed E-state index contributed by atoms with van der Waals surface area (Å²) < 4.78 is 16.4. The number of alkyl halides is 1. The smallest absolute Gasteiger partial charge is 0.307 e. The summed E-state index contributed by atoms with van der Waals surface area (Å²) >= 11 is 7.82. The average molecular weight is 433 g/mol. The van der Waals surface area contributed by atoms with Crippen LogP contribution < -0.4 is 15.5 Å². The molecule has 0 amide bonds. The second kappa shape index (κ2) is 6.79. The highest BCUT2D eigenvalue weighted by Crippen LogP contribution is 2.37. The number of nitrogens with two attached hydrogens (primary N) is 1. The summed E-state index contributed by atoms with van der Waals surface area (Å²) in [6, 6.07) is 3.35. The van der Waals surface area contributed by atoms with Gasteiger partial charge in [0.25, 0.3) is 0 Å². The van der Waals surface area contributed by atoms with Crippen LogP contribution >= 0.6 is 22.9 Å². The van der Waals surface area contributed by atoms with Gasteiger partial charge in [0, 0.05) is 37.0 Å². The van der Waals surface area contributed by atoms with E-state index in [2.05, 4.69) is 15.0 Å². The summed E-state index contributed by atoms with van der Waals surface area (Å²) in [6.07, 6.45) is 2.95. The molecule has 0 saturated carbocycles. The molecule has 29 heavy (non-hydrogen) atoms. The lowest BCUT2D eigenvalue weighted by atomic mass is 10.0. The van der Waals surface area contributed by atoms with Gasteiger partial charge in [-0.1, -0.05) is 29.0 Å². The van der Waals surface area contributed by atoms with Crippen LogP contribution in [0.25, 0.3) is 32.5 Å². The van der Waals surface area contributed by atoms with Crippen molar-refractivity contribution >= 4 is 50.1 Å². The maximum atomic E-state index is 14.0. The maximum absolute atomic E-state index is 14.0. The minimum atomic E-state index is -1.08. The predicted octanol–water partition coefficient (Wildman–Crippen LogP) is 3.07. The quantitative estimate of drug-likeness (QED) is 0.507. The molecule has 0 unspecified atom stereocenters. The Labute approximate surface area is 173 Å². The molecule has 0 radical (unpaired) electrons. The summed E-state index contributed by atoms with van der Waals surface area (Å²) in [5.41, 5.74) is 9.31. The highest BCUT2D eigenvalue weighted by Gasteiger charge is 2.27. The minimum absolute atomic E-state index is 0.0603. The third-order valence-corrected chi connectivity index (χ3v) is 6.84. The van der Waals surface area contributed by atoms with Crippen molar-refractivity contribution < 1.29 is 4.39 Å². The summed E-state index contributed by atoms with van der Waals surface area (Å²) in [7, 11) is 1.71. The molecular weight excluding hydrogens is 415 g/mol. The molecule has 0 aliphatic carbocycles. The second-order valence-corrected chi connectivity index (χ2v) is 8.61. The van der Waals surface area contributed by atoms with Crippen LogP contribution in [0.3, 0.4) is 0 Å². The number of piperidine rings is 1. The van der Waals surface area contributed by atoms with Crippen LogP contribution in [-0.4, -0.2) is 44.8 Å². The molecule has 150 valence electrons. The molecule has 5 rings (SSSR count). The number of anilines is 1. The van der Waals surface area contributed by atoms with E-state index in [1.165, 1.54) is 0 Å².